The molecule has 3 fully saturated rings. The van der Waals surface area contributed by atoms with Gasteiger partial charge in [-0.2, -0.15) is 0 Å². The molecule has 1 spiro atoms. The number of H-pyrrole nitrogens is 1. The number of benzene rings is 3. The molecule has 2 saturated heterocycles. The Morgan fingerprint density at radius 2 is 1.90 bits per heavy atom. The number of aromatic nitrogens is 2. The highest BCUT2D eigenvalue weighted by Crippen LogP contribution is 2.53. The number of aromatic amines is 1. The van der Waals surface area contributed by atoms with Crippen molar-refractivity contribution < 1.29 is 14.5 Å². The number of nitro groups is 1. The third-order valence-corrected chi connectivity index (χ3v) is 13.7. The standard InChI is InChI=1S/C47H56N10O4S/c1-31(2)38-7-5-6-8-39(38)43-30-54(29-32(26-48)27-49-3)19-20-56(43)35-24-47(25-35)14-17-55(18-15-47)34-9-11-40(44(22-34)61-36-21-33-13-16-51-45(33)52-28-36)46(58)53-62-37-10-12-41(50-4)42(23-37)57(59)60/h5-13,16,21-23,26-28,31,35,43,50H,14-15,17-20,24-25,29-30,48H2,1-4H3,(H,51,52)(H,53,58). The second-order valence-electron chi connectivity index (χ2n) is 17.0. The van der Waals surface area contributed by atoms with Gasteiger partial charge in [-0.05, 0) is 108 Å². The van der Waals surface area contributed by atoms with Crippen LogP contribution in [0.4, 0.5) is 17.1 Å². The van der Waals surface area contributed by atoms with E-state index in [1.807, 2.05) is 36.7 Å². The average Bonchev–Trinajstić information content (AvgIpc) is 3.75. The maximum absolute atomic E-state index is 13.8. The number of nitrogens with one attached hydrogen (secondary N) is 3. The fourth-order valence-corrected chi connectivity index (χ4v) is 10.2. The fraction of sp³-hybridized carbons (Fsp3) is 0.383. The Balaban J connectivity index is 0.965. The largest absolute Gasteiger partial charge is 0.455 e. The summed E-state index contributed by atoms with van der Waals surface area (Å²) in [6, 6.07) is 24.2. The zero-order valence-electron chi connectivity index (χ0n) is 35.8. The van der Waals surface area contributed by atoms with Crippen LogP contribution >= 0.6 is 11.9 Å². The van der Waals surface area contributed by atoms with Gasteiger partial charge in [0.05, 0.1) is 16.7 Å². The van der Waals surface area contributed by atoms with Gasteiger partial charge in [0, 0.05) is 106 Å². The van der Waals surface area contributed by atoms with Crippen molar-refractivity contribution in [3.05, 3.63) is 124 Å². The molecule has 5 N–H and O–H groups in total. The van der Waals surface area contributed by atoms with Gasteiger partial charge in [0.2, 0.25) is 0 Å². The van der Waals surface area contributed by atoms with Gasteiger partial charge < -0.3 is 25.7 Å². The highest BCUT2D eigenvalue weighted by Gasteiger charge is 2.50. The van der Waals surface area contributed by atoms with Crippen molar-refractivity contribution in [2.75, 3.05) is 63.6 Å². The molecule has 324 valence electrons. The zero-order valence-corrected chi connectivity index (χ0v) is 36.7. The molecule has 5 aromatic rings. The molecule has 2 aromatic heterocycles. The molecule has 2 aliphatic heterocycles. The molecule has 15 heteroatoms. The van der Waals surface area contributed by atoms with Crippen LogP contribution < -0.4 is 25.4 Å². The lowest BCUT2D eigenvalue weighted by atomic mass is 9.59. The maximum atomic E-state index is 13.8. The minimum Gasteiger partial charge on any atom is -0.455 e. The molecule has 1 atom stereocenters. The predicted molar refractivity (Wildman–Crippen MR) is 249 cm³/mol. The molecule has 0 radical (unpaired) electrons. The Hall–Kier alpha value is -5.90. The third-order valence-electron chi connectivity index (χ3n) is 12.9. The maximum Gasteiger partial charge on any atom is 0.293 e. The minimum atomic E-state index is -0.447. The molecule has 1 amide bonds. The lowest BCUT2D eigenvalue weighted by molar-refractivity contribution is -0.384. The van der Waals surface area contributed by atoms with Crippen molar-refractivity contribution in [1.82, 2.24) is 24.5 Å². The van der Waals surface area contributed by atoms with Crippen molar-refractivity contribution in [2.24, 2.45) is 16.1 Å². The van der Waals surface area contributed by atoms with Crippen molar-refractivity contribution in [1.29, 1.82) is 0 Å². The quantitative estimate of drug-likeness (QED) is 0.0366. The van der Waals surface area contributed by atoms with Gasteiger partial charge in [0.15, 0.2) is 0 Å². The molecule has 0 bridgehead atoms. The number of amides is 1. The minimum absolute atomic E-state index is 0.0724. The molecule has 4 heterocycles. The smallest absolute Gasteiger partial charge is 0.293 e. The topological polar surface area (TPSA) is 170 Å². The fourth-order valence-electron chi connectivity index (χ4n) is 9.61. The number of carbonyl (C=O) groups is 1. The number of fused-ring (bicyclic) bond motifs is 1. The summed E-state index contributed by atoms with van der Waals surface area (Å²) in [5.41, 5.74) is 12.6. The second-order valence-corrected chi connectivity index (χ2v) is 17.9. The van der Waals surface area contributed by atoms with Crippen molar-refractivity contribution >= 4 is 52.2 Å². The Kier molecular flexibility index (Phi) is 12.8. The number of nitro benzene ring substituents is 1. The van der Waals surface area contributed by atoms with Crippen LogP contribution in [0.2, 0.25) is 0 Å². The molecule has 1 aliphatic carbocycles. The predicted octanol–water partition coefficient (Wildman–Crippen LogP) is 8.52. The molecule has 1 unspecified atom stereocenters. The third kappa shape index (κ3) is 9.15. The number of hydrogen-bond acceptors (Lipinski definition) is 12. The first kappa shape index (κ1) is 42.8. The number of rotatable bonds is 14. The number of hydrogen-bond donors (Lipinski definition) is 4. The number of piperidine rings is 1. The van der Waals surface area contributed by atoms with Crippen molar-refractivity contribution in [2.45, 2.75) is 62.4 Å². The van der Waals surface area contributed by atoms with Gasteiger partial charge in [-0.3, -0.25) is 34.4 Å². The van der Waals surface area contributed by atoms with E-state index in [9.17, 15) is 14.9 Å². The number of aliphatic imine (C=N–C) groups is 1. The molecule has 3 aromatic carbocycles. The van der Waals surface area contributed by atoms with Crippen LogP contribution in [0.25, 0.3) is 11.0 Å². The van der Waals surface area contributed by atoms with Gasteiger partial charge in [-0.15, -0.1) is 0 Å². The van der Waals surface area contributed by atoms with Crippen molar-refractivity contribution in [3.8, 4) is 11.5 Å². The van der Waals surface area contributed by atoms with E-state index in [1.165, 1.54) is 30.0 Å². The number of carbonyl (C=O) groups excluding carboxylic acids is 1. The van der Waals surface area contributed by atoms with Crippen LogP contribution in [0.3, 0.4) is 0 Å². The normalized spacial score (nSPS) is 18.7. The number of nitrogens with two attached hydrogens (primary N) is 1. The van der Waals surface area contributed by atoms with Crippen LogP contribution in [0, 0.1) is 15.5 Å². The molecule has 62 heavy (non-hydrogen) atoms. The number of piperazine rings is 1. The van der Waals surface area contributed by atoms with E-state index >= 15 is 0 Å². The van der Waals surface area contributed by atoms with E-state index in [0.29, 0.717) is 51.1 Å². The zero-order chi connectivity index (χ0) is 43.4. The number of pyridine rings is 1. The summed E-state index contributed by atoms with van der Waals surface area (Å²) in [7, 11) is 3.42. The van der Waals surface area contributed by atoms with Crippen molar-refractivity contribution in [3.63, 3.8) is 0 Å². The summed E-state index contributed by atoms with van der Waals surface area (Å²) in [4.78, 5) is 45.1. The summed E-state index contributed by atoms with van der Waals surface area (Å²) < 4.78 is 9.32. The summed E-state index contributed by atoms with van der Waals surface area (Å²) in [6.45, 7) is 10.2. The lowest BCUT2D eigenvalue weighted by Gasteiger charge is -2.58. The van der Waals surface area contributed by atoms with Crippen LogP contribution in [0.1, 0.15) is 73.0 Å². The summed E-state index contributed by atoms with van der Waals surface area (Å²) >= 11 is 1.02. The monoisotopic (exact) mass is 856 g/mol. The first-order chi connectivity index (χ1) is 30.1. The molecule has 14 nitrogen and oxygen atoms in total. The highest BCUT2D eigenvalue weighted by molar-refractivity contribution is 7.98. The van der Waals surface area contributed by atoms with Gasteiger partial charge in [-0.1, -0.05) is 38.1 Å². The molecule has 1 saturated carbocycles. The Morgan fingerprint density at radius 3 is 2.65 bits per heavy atom. The van der Waals surface area contributed by atoms with E-state index in [1.54, 1.807) is 44.7 Å². The lowest BCUT2D eigenvalue weighted by Crippen LogP contribution is -2.60. The highest BCUT2D eigenvalue weighted by atomic mass is 32.2. The van der Waals surface area contributed by atoms with E-state index in [0.717, 1.165) is 86.4 Å². The second kappa shape index (κ2) is 18.6. The van der Waals surface area contributed by atoms with Gasteiger partial charge in [0.25, 0.3) is 11.6 Å². The summed E-state index contributed by atoms with van der Waals surface area (Å²) in [6.07, 6.45) is 11.6. The van der Waals surface area contributed by atoms with E-state index in [4.69, 9.17) is 10.5 Å². The Labute approximate surface area is 367 Å². The van der Waals surface area contributed by atoms with E-state index in [2.05, 4.69) is 77.8 Å². The Bertz CT molecular complexity index is 2470. The molecule has 8 rings (SSSR count). The summed E-state index contributed by atoms with van der Waals surface area (Å²) in [5.74, 6) is 0.966. The molecule has 3 aliphatic rings. The van der Waals surface area contributed by atoms with E-state index < -0.39 is 4.92 Å². The van der Waals surface area contributed by atoms with Crippen LogP contribution in [-0.2, 0) is 0 Å². The first-order valence-corrected chi connectivity index (χ1v) is 22.2. The van der Waals surface area contributed by atoms with Crippen LogP contribution in [-0.4, -0.2) is 96.2 Å². The molecular formula is C47H56N10O4S. The van der Waals surface area contributed by atoms with Crippen LogP contribution in [0.5, 0.6) is 11.5 Å². The number of nitrogens with zero attached hydrogens (tertiary/aromatic N) is 6. The molecular weight excluding hydrogens is 801 g/mol. The SMILES string of the molecule is CN=CC(=CN)CN1CCN(C2CC3(CCN(c4ccc(C(=O)NSc5ccc(NC)c([N+](=O)[O-])c5)c(Oc5cnc6[nH]ccc6c5)c4)CC3)C2)C(c2ccccc2C(C)C)C1. The van der Waals surface area contributed by atoms with Gasteiger partial charge in [0.1, 0.15) is 22.8 Å². The number of ether oxygens (including phenoxy) is 1. The van der Waals surface area contributed by atoms with Gasteiger partial charge >= 0.3 is 0 Å². The average molecular weight is 857 g/mol. The summed E-state index contributed by atoms with van der Waals surface area (Å²) in [5, 5.41) is 15.4. The first-order valence-electron chi connectivity index (χ1n) is 21.4. The van der Waals surface area contributed by atoms with Crippen LogP contribution in [0.15, 0.2) is 107 Å². The van der Waals surface area contributed by atoms with Gasteiger partial charge in [-0.25, -0.2) is 4.98 Å². The Morgan fingerprint density at radius 1 is 1.10 bits per heavy atom. The number of anilines is 2. The van der Waals surface area contributed by atoms with E-state index in [-0.39, 0.29) is 11.6 Å².